The fourth-order valence-corrected chi connectivity index (χ4v) is 11.2. The van der Waals surface area contributed by atoms with E-state index in [1.165, 1.54) is 87.7 Å². The Bertz CT molecular complexity index is 1040. The lowest BCUT2D eigenvalue weighted by Crippen LogP contribution is -3.00. The molecule has 0 heterocycles. The molecule has 38 heavy (non-hydrogen) atoms. The normalized spacial score (nSPS) is 23.9. The van der Waals surface area contributed by atoms with E-state index in [0.29, 0.717) is 5.92 Å². The van der Waals surface area contributed by atoms with Crippen molar-refractivity contribution in [3.63, 3.8) is 0 Å². The minimum absolute atomic E-state index is 0. The third-order valence-electron chi connectivity index (χ3n) is 9.95. The molecule has 0 bridgehead atoms. The second-order valence-corrected chi connectivity index (χ2v) is 15.7. The quantitative estimate of drug-likeness (QED) is 0.147. The van der Waals surface area contributed by atoms with Crippen molar-refractivity contribution in [2.24, 2.45) is 17.8 Å². The maximum Gasteiger partial charge on any atom is 0.109 e. The van der Waals surface area contributed by atoms with Crippen molar-refractivity contribution < 1.29 is 24.0 Å². The molecule has 2 aliphatic carbocycles. The molecule has 5 rings (SSSR count). The lowest BCUT2D eigenvalue weighted by Gasteiger charge is -2.38. The van der Waals surface area contributed by atoms with Crippen LogP contribution in [0.5, 0.6) is 0 Å². The largest absolute Gasteiger partial charge is 1.00 e. The van der Waals surface area contributed by atoms with E-state index < -0.39 is 7.26 Å². The van der Waals surface area contributed by atoms with E-state index in [4.69, 9.17) is 0 Å². The lowest BCUT2D eigenvalue weighted by atomic mass is 9.68. The summed E-state index contributed by atoms with van der Waals surface area (Å²) in [5, 5.41) is 4.61. The van der Waals surface area contributed by atoms with Gasteiger partial charge in [-0.1, -0.05) is 100 Å². The van der Waals surface area contributed by atoms with Crippen LogP contribution in [0.3, 0.4) is 0 Å². The van der Waals surface area contributed by atoms with Crippen molar-refractivity contribution in [2.75, 3.05) is 6.66 Å². The SMILES string of the molecule is CCCCC[C@H]1CC[C@H]([C@H]2CC[C@H](c3ccccc3[P+](C)(c3ccccc3)c3ccccc3)CC2)CC1.[I-]. The first kappa shape index (κ1) is 29.8. The number of benzene rings is 3. The molecule has 204 valence electrons. The molecule has 2 fully saturated rings. The monoisotopic (exact) mass is 638 g/mol. The molecule has 0 aliphatic heterocycles. The Labute approximate surface area is 250 Å². The van der Waals surface area contributed by atoms with E-state index in [0.717, 1.165) is 17.8 Å². The van der Waals surface area contributed by atoms with Crippen molar-refractivity contribution in [1.29, 1.82) is 0 Å². The summed E-state index contributed by atoms with van der Waals surface area (Å²) in [5.41, 5.74) is 1.64. The highest BCUT2D eigenvalue weighted by molar-refractivity contribution is 7.95. The molecule has 0 aromatic heterocycles. The second kappa shape index (κ2) is 14.5. The van der Waals surface area contributed by atoms with Crippen molar-refractivity contribution in [3.8, 4) is 0 Å². The first-order valence-electron chi connectivity index (χ1n) is 15.3. The van der Waals surface area contributed by atoms with Gasteiger partial charge in [0, 0.05) is 0 Å². The summed E-state index contributed by atoms with van der Waals surface area (Å²) < 4.78 is 0. The van der Waals surface area contributed by atoms with Gasteiger partial charge in [-0.2, -0.15) is 0 Å². The lowest BCUT2D eigenvalue weighted by molar-refractivity contribution is -0.00000757. The molecule has 0 radical (unpaired) electrons. The van der Waals surface area contributed by atoms with E-state index in [1.807, 2.05) is 0 Å². The summed E-state index contributed by atoms with van der Waals surface area (Å²) in [6.45, 7) is 4.89. The topological polar surface area (TPSA) is 0 Å². The van der Waals surface area contributed by atoms with E-state index >= 15 is 0 Å². The van der Waals surface area contributed by atoms with Crippen molar-refractivity contribution >= 4 is 23.2 Å². The molecule has 0 atom stereocenters. The molecule has 0 nitrogen and oxygen atoms in total. The minimum Gasteiger partial charge on any atom is -1.00 e. The van der Waals surface area contributed by atoms with Crippen LogP contribution >= 0.6 is 7.26 Å². The summed E-state index contributed by atoms with van der Waals surface area (Å²) >= 11 is 0. The highest BCUT2D eigenvalue weighted by Gasteiger charge is 2.43. The van der Waals surface area contributed by atoms with Crippen LogP contribution in [-0.4, -0.2) is 6.66 Å². The number of unbranched alkanes of at least 4 members (excludes halogenated alkanes) is 2. The summed E-state index contributed by atoms with van der Waals surface area (Å²) in [6.07, 6.45) is 17.4. The Morgan fingerprint density at radius 1 is 0.605 bits per heavy atom. The molecule has 0 amide bonds. The van der Waals surface area contributed by atoms with E-state index in [1.54, 1.807) is 10.9 Å². The van der Waals surface area contributed by atoms with Crippen molar-refractivity contribution in [1.82, 2.24) is 0 Å². The second-order valence-electron chi connectivity index (χ2n) is 12.1. The van der Waals surface area contributed by atoms with Gasteiger partial charge >= 0.3 is 0 Å². The van der Waals surface area contributed by atoms with Gasteiger partial charge in [-0.25, -0.2) is 0 Å². The Kier molecular flexibility index (Phi) is 11.3. The van der Waals surface area contributed by atoms with Crippen LogP contribution < -0.4 is 39.9 Å². The van der Waals surface area contributed by atoms with Crippen LogP contribution in [0.15, 0.2) is 84.9 Å². The van der Waals surface area contributed by atoms with Crippen LogP contribution in [0.25, 0.3) is 0 Å². The zero-order valence-corrected chi connectivity index (χ0v) is 26.8. The molecular formula is C36H48IP. The Hall–Kier alpha value is -1.18. The predicted molar refractivity (Wildman–Crippen MR) is 165 cm³/mol. The fourth-order valence-electron chi connectivity index (χ4n) is 7.65. The molecule has 0 unspecified atom stereocenters. The van der Waals surface area contributed by atoms with Crippen LogP contribution in [-0.2, 0) is 0 Å². The third kappa shape index (κ3) is 6.75. The van der Waals surface area contributed by atoms with E-state index in [9.17, 15) is 0 Å². The first-order chi connectivity index (χ1) is 18.2. The van der Waals surface area contributed by atoms with Gasteiger partial charge in [0.25, 0.3) is 0 Å². The van der Waals surface area contributed by atoms with Gasteiger partial charge in [0.05, 0.1) is 6.66 Å². The number of halogens is 1. The highest BCUT2D eigenvalue weighted by atomic mass is 127. The molecule has 2 saturated carbocycles. The van der Waals surface area contributed by atoms with E-state index in [2.05, 4.69) is 98.5 Å². The van der Waals surface area contributed by atoms with Gasteiger partial charge in [-0.15, -0.1) is 0 Å². The summed E-state index contributed by atoms with van der Waals surface area (Å²) in [6, 6.07) is 32.2. The van der Waals surface area contributed by atoms with Crippen LogP contribution in [0.4, 0.5) is 0 Å². The molecule has 3 aromatic rings. The van der Waals surface area contributed by atoms with Gasteiger partial charge < -0.3 is 24.0 Å². The number of rotatable bonds is 9. The molecule has 3 aromatic carbocycles. The van der Waals surface area contributed by atoms with Crippen LogP contribution in [0.1, 0.15) is 95.5 Å². The first-order valence-corrected chi connectivity index (χ1v) is 17.5. The number of hydrogen-bond acceptors (Lipinski definition) is 0. The third-order valence-corrected chi connectivity index (χ3v) is 14.0. The number of hydrogen-bond donors (Lipinski definition) is 0. The summed E-state index contributed by atoms with van der Waals surface area (Å²) in [5.74, 6) is 3.72. The van der Waals surface area contributed by atoms with Crippen molar-refractivity contribution in [2.45, 2.75) is 89.9 Å². The molecule has 2 heteroatoms. The summed E-state index contributed by atoms with van der Waals surface area (Å²) in [7, 11) is -1.69. The van der Waals surface area contributed by atoms with E-state index in [-0.39, 0.29) is 24.0 Å². The molecule has 0 spiro atoms. The average Bonchev–Trinajstić information content (AvgIpc) is 2.98. The van der Waals surface area contributed by atoms with Gasteiger partial charge in [-0.3, -0.25) is 0 Å². The molecular weight excluding hydrogens is 590 g/mol. The van der Waals surface area contributed by atoms with Crippen LogP contribution in [0.2, 0.25) is 0 Å². The van der Waals surface area contributed by atoms with Crippen molar-refractivity contribution in [3.05, 3.63) is 90.5 Å². The zero-order valence-electron chi connectivity index (χ0n) is 23.7. The Balaban J connectivity index is 0.00000336. The molecule has 2 aliphatic rings. The maximum absolute atomic E-state index is 2.56. The highest BCUT2D eigenvalue weighted by Crippen LogP contribution is 2.54. The predicted octanol–water partition coefficient (Wildman–Crippen LogP) is 6.27. The zero-order chi connectivity index (χ0) is 25.5. The average molecular weight is 639 g/mol. The minimum atomic E-state index is -1.69. The van der Waals surface area contributed by atoms with Gasteiger partial charge in [-0.05, 0) is 98.1 Å². The smallest absolute Gasteiger partial charge is 0.109 e. The molecule has 0 saturated heterocycles. The molecule has 0 N–H and O–H groups in total. The fraction of sp³-hybridized carbons (Fsp3) is 0.500. The van der Waals surface area contributed by atoms with Gasteiger partial charge in [0.1, 0.15) is 23.2 Å². The maximum atomic E-state index is 2.56. The standard InChI is InChI=1S/C36H48P.HI/c1-3-4-7-14-29-21-23-30(24-22-29)31-25-27-32(28-26-31)35-19-12-13-20-36(35)37(2,33-15-8-5-9-16-33)34-17-10-6-11-18-34;/h5-6,8-13,15-20,29-32H,3-4,7,14,21-28H2,1-2H3;1H/q+1;/p-1/t29-,30-,31-,32-;. The van der Waals surface area contributed by atoms with Crippen LogP contribution in [0, 0.1) is 17.8 Å². The Morgan fingerprint density at radius 2 is 1.11 bits per heavy atom. The van der Waals surface area contributed by atoms with Gasteiger partial charge in [0.2, 0.25) is 0 Å². The summed E-state index contributed by atoms with van der Waals surface area (Å²) in [4.78, 5) is 0. The van der Waals surface area contributed by atoms with Gasteiger partial charge in [0.15, 0.2) is 0 Å². The Morgan fingerprint density at radius 3 is 1.66 bits per heavy atom.